The van der Waals surface area contributed by atoms with Gasteiger partial charge in [0.1, 0.15) is 0 Å². The summed E-state index contributed by atoms with van der Waals surface area (Å²) in [5.41, 5.74) is 6.33. The van der Waals surface area contributed by atoms with Crippen LogP contribution in [0.3, 0.4) is 0 Å². The second-order valence-corrected chi connectivity index (χ2v) is 9.60. The summed E-state index contributed by atoms with van der Waals surface area (Å²) in [6, 6.07) is 0.894. The number of amidine groups is 1. The molecule has 204 valence electrons. The van der Waals surface area contributed by atoms with Crippen LogP contribution < -0.4 is 5.73 Å². The molecule has 0 aliphatic carbocycles. The van der Waals surface area contributed by atoms with Crippen LogP contribution in [0.1, 0.15) is 23.5 Å². The Balaban J connectivity index is 0.000000281. The van der Waals surface area contributed by atoms with Gasteiger partial charge in [-0.15, -0.1) is 0 Å². The minimum absolute atomic E-state index is 0.447. The van der Waals surface area contributed by atoms with Crippen molar-refractivity contribution in [3.8, 4) is 5.75 Å². The van der Waals surface area contributed by atoms with Gasteiger partial charge in [-0.05, 0) is 19.8 Å². The first-order chi connectivity index (χ1) is 18.1. The summed E-state index contributed by atoms with van der Waals surface area (Å²) < 4.78 is 0. The number of hydrogen-bond donors (Lipinski definition) is 4. The van der Waals surface area contributed by atoms with Crippen molar-refractivity contribution in [3.05, 3.63) is 78.4 Å². The number of aromatic nitrogens is 4. The SMILES string of the molecule is Cc1[nH]cnc1CSCCSC(N)=NCCCc1cnc[nH]1.O=[N+]([O-])c1cc([N+](=O)[O-])c(O)c([N+](=O)[O-])c1. The number of rotatable bonds is 12. The number of aliphatic imine (C=N–C) groups is 1. The number of benzene rings is 1. The maximum Gasteiger partial charge on any atom is 0.324 e. The molecule has 38 heavy (non-hydrogen) atoms. The smallest absolute Gasteiger partial charge is 0.324 e. The highest BCUT2D eigenvalue weighted by atomic mass is 32.2. The van der Waals surface area contributed by atoms with Gasteiger partial charge in [0.25, 0.3) is 11.4 Å². The van der Waals surface area contributed by atoms with Crippen LogP contribution in [0.5, 0.6) is 5.75 Å². The number of phenolic OH excluding ortho intramolecular Hbond substituents is 1. The molecular weight excluding hydrogens is 542 g/mol. The lowest BCUT2D eigenvalue weighted by Gasteiger charge is -2.02. The van der Waals surface area contributed by atoms with E-state index in [1.54, 1.807) is 24.4 Å². The van der Waals surface area contributed by atoms with E-state index in [1.165, 1.54) is 0 Å². The first kappa shape index (κ1) is 30.0. The standard InChI is InChI=1S/C14H22N6S2.C6H3N3O7/c1-11-13(20-10-18-11)8-21-5-6-22-14(15)17-4-2-3-12-7-16-9-19-12;10-6-4(8(13)14)1-3(7(11)12)2-5(6)9(15)16/h7,9-10H,2-6,8H2,1H3,(H2,15,17)(H,16,19)(H,18,20);1-2,10H. The first-order valence-corrected chi connectivity index (χ1v) is 13.0. The number of H-pyrrole nitrogens is 2. The van der Waals surface area contributed by atoms with Crippen LogP contribution in [0.4, 0.5) is 17.1 Å². The van der Waals surface area contributed by atoms with Gasteiger partial charge in [-0.2, -0.15) is 11.8 Å². The van der Waals surface area contributed by atoms with E-state index in [-0.39, 0.29) is 0 Å². The van der Waals surface area contributed by atoms with Crippen molar-refractivity contribution in [3.63, 3.8) is 0 Å². The molecule has 0 radical (unpaired) electrons. The predicted octanol–water partition coefficient (Wildman–Crippen LogP) is 3.47. The Labute approximate surface area is 224 Å². The fraction of sp³-hybridized carbons (Fsp3) is 0.350. The fourth-order valence-corrected chi connectivity index (χ4v) is 4.63. The third kappa shape index (κ3) is 9.69. The molecule has 0 bridgehead atoms. The number of aromatic amines is 2. The summed E-state index contributed by atoms with van der Waals surface area (Å²) in [7, 11) is 0. The Morgan fingerprint density at radius 3 is 2.29 bits per heavy atom. The van der Waals surface area contributed by atoms with Gasteiger partial charge in [0.05, 0.1) is 45.3 Å². The summed E-state index contributed by atoms with van der Waals surface area (Å²) in [5, 5.41) is 40.9. The van der Waals surface area contributed by atoms with E-state index in [9.17, 15) is 30.3 Å². The number of nitrogens with one attached hydrogen (secondary N) is 2. The van der Waals surface area contributed by atoms with Crippen molar-refractivity contribution in [2.24, 2.45) is 10.7 Å². The van der Waals surface area contributed by atoms with Crippen LogP contribution in [0.15, 0.2) is 36.0 Å². The third-order valence-corrected chi connectivity index (χ3v) is 6.80. The van der Waals surface area contributed by atoms with E-state index < -0.39 is 37.6 Å². The molecule has 5 N–H and O–H groups in total. The number of imidazole rings is 2. The average molecular weight is 568 g/mol. The minimum Gasteiger partial charge on any atom is -0.497 e. The summed E-state index contributed by atoms with van der Waals surface area (Å²) in [4.78, 5) is 46.6. The Kier molecular flexibility index (Phi) is 12.0. The fourth-order valence-electron chi connectivity index (χ4n) is 2.81. The summed E-state index contributed by atoms with van der Waals surface area (Å²) in [6.45, 7) is 2.81. The maximum atomic E-state index is 10.4. The van der Waals surface area contributed by atoms with Crippen LogP contribution in [0, 0.1) is 37.3 Å². The highest BCUT2D eigenvalue weighted by molar-refractivity contribution is 8.14. The first-order valence-electron chi connectivity index (χ1n) is 10.9. The maximum absolute atomic E-state index is 10.4. The van der Waals surface area contributed by atoms with Crippen molar-refractivity contribution in [2.45, 2.75) is 25.5 Å². The van der Waals surface area contributed by atoms with Crippen LogP contribution in [0.2, 0.25) is 0 Å². The topological polar surface area (TPSA) is 245 Å². The average Bonchev–Trinajstić information content (AvgIpc) is 3.53. The highest BCUT2D eigenvalue weighted by Gasteiger charge is 2.30. The quantitative estimate of drug-likeness (QED) is 0.0807. The zero-order valence-electron chi connectivity index (χ0n) is 20.1. The number of phenols is 1. The molecule has 0 spiro atoms. The Bertz CT molecular complexity index is 1230. The van der Waals surface area contributed by atoms with E-state index in [0.29, 0.717) is 17.3 Å². The molecule has 0 saturated carbocycles. The number of hydrogen-bond acceptors (Lipinski definition) is 12. The molecule has 2 heterocycles. The number of nitrogens with zero attached hydrogens (tertiary/aromatic N) is 6. The minimum atomic E-state index is -1.21. The molecule has 0 unspecified atom stereocenters. The van der Waals surface area contributed by atoms with Gasteiger partial charge < -0.3 is 20.8 Å². The van der Waals surface area contributed by atoms with Crippen molar-refractivity contribution in [2.75, 3.05) is 18.1 Å². The number of nitrogens with two attached hydrogens (primary N) is 1. The summed E-state index contributed by atoms with van der Waals surface area (Å²) in [5.74, 6) is 1.75. The lowest BCUT2D eigenvalue weighted by atomic mass is 10.2. The number of aromatic hydroxyl groups is 1. The van der Waals surface area contributed by atoms with Gasteiger partial charge in [0.2, 0.25) is 0 Å². The molecule has 3 aromatic rings. The van der Waals surface area contributed by atoms with Crippen LogP contribution in [-0.4, -0.2) is 63.0 Å². The number of thioether (sulfide) groups is 2. The molecule has 18 heteroatoms. The largest absolute Gasteiger partial charge is 0.497 e. The molecule has 0 atom stereocenters. The van der Waals surface area contributed by atoms with Gasteiger partial charge in [0.15, 0.2) is 5.17 Å². The molecule has 2 aromatic heterocycles. The Hall–Kier alpha value is -4.19. The van der Waals surface area contributed by atoms with E-state index >= 15 is 0 Å². The van der Waals surface area contributed by atoms with Crippen molar-refractivity contribution < 1.29 is 19.9 Å². The molecule has 3 rings (SSSR count). The van der Waals surface area contributed by atoms with Crippen molar-refractivity contribution >= 4 is 45.8 Å². The van der Waals surface area contributed by atoms with E-state index in [2.05, 4.69) is 24.9 Å². The van der Waals surface area contributed by atoms with E-state index in [4.69, 9.17) is 10.8 Å². The number of aryl methyl sites for hydroxylation is 2. The van der Waals surface area contributed by atoms with E-state index in [0.717, 1.165) is 53.7 Å². The molecule has 1 aromatic carbocycles. The van der Waals surface area contributed by atoms with Gasteiger partial charge in [-0.25, -0.2) is 9.97 Å². The second-order valence-electron chi connectivity index (χ2n) is 7.38. The lowest BCUT2D eigenvalue weighted by molar-refractivity contribution is -0.404. The Morgan fingerprint density at radius 2 is 1.76 bits per heavy atom. The predicted molar refractivity (Wildman–Crippen MR) is 143 cm³/mol. The molecule has 0 aliphatic heterocycles. The van der Waals surface area contributed by atoms with E-state index in [1.807, 2.05) is 24.9 Å². The zero-order chi connectivity index (χ0) is 28.1. The van der Waals surface area contributed by atoms with Gasteiger partial charge in [-0.3, -0.25) is 35.3 Å². The van der Waals surface area contributed by atoms with Crippen LogP contribution in [-0.2, 0) is 12.2 Å². The summed E-state index contributed by atoms with van der Waals surface area (Å²) in [6.07, 6.45) is 7.23. The van der Waals surface area contributed by atoms with Crippen molar-refractivity contribution in [1.29, 1.82) is 0 Å². The molecule has 16 nitrogen and oxygen atoms in total. The molecule has 0 fully saturated rings. The van der Waals surface area contributed by atoms with Crippen molar-refractivity contribution in [1.82, 2.24) is 19.9 Å². The number of nitro groups is 3. The Morgan fingerprint density at radius 1 is 1.08 bits per heavy atom. The number of nitro benzene ring substituents is 3. The van der Waals surface area contributed by atoms with Crippen LogP contribution in [0.25, 0.3) is 0 Å². The second kappa shape index (κ2) is 15.2. The molecule has 0 aliphatic rings. The molecular formula is C20H25N9O7S2. The monoisotopic (exact) mass is 567 g/mol. The molecule has 0 saturated heterocycles. The highest BCUT2D eigenvalue weighted by Crippen LogP contribution is 2.38. The lowest BCUT2D eigenvalue weighted by Crippen LogP contribution is -2.09. The van der Waals surface area contributed by atoms with Gasteiger partial charge >= 0.3 is 11.4 Å². The molecule has 0 amide bonds. The summed E-state index contributed by atoms with van der Waals surface area (Å²) >= 11 is 3.49. The van der Waals surface area contributed by atoms with Gasteiger partial charge in [-0.1, -0.05) is 11.8 Å². The number of non-ortho nitro benzene ring substituents is 1. The van der Waals surface area contributed by atoms with Crippen LogP contribution >= 0.6 is 23.5 Å². The normalized spacial score (nSPS) is 11.0. The third-order valence-electron chi connectivity index (χ3n) is 4.74. The van der Waals surface area contributed by atoms with Gasteiger partial charge in [0, 0.05) is 41.4 Å². The zero-order valence-corrected chi connectivity index (χ0v) is 21.7.